The molecule has 108 valence electrons. The molecule has 0 aliphatic carbocycles. The van der Waals surface area contributed by atoms with E-state index in [1.54, 1.807) is 0 Å². The average Bonchev–Trinajstić information content (AvgIpc) is 2.80. The molecule has 1 rings (SSSR count). The molecule has 5 nitrogen and oxygen atoms in total. The van der Waals surface area contributed by atoms with Crippen LogP contribution in [0, 0.1) is 5.41 Å². The van der Waals surface area contributed by atoms with Crippen molar-refractivity contribution in [3.8, 4) is 0 Å². The summed E-state index contributed by atoms with van der Waals surface area (Å²) in [6, 6.07) is 3.32. The molecule has 0 fully saturated rings. The Morgan fingerprint density at radius 2 is 2.11 bits per heavy atom. The van der Waals surface area contributed by atoms with Crippen LogP contribution in [0.5, 0.6) is 0 Å². The van der Waals surface area contributed by atoms with Crippen LogP contribution in [0.15, 0.2) is 16.5 Å². The number of hydrogen-bond donors (Lipinski definition) is 3. The zero-order valence-corrected chi connectivity index (χ0v) is 12.1. The molecular weight excluding hydrogens is 244 g/mol. The lowest BCUT2D eigenvalue weighted by Crippen LogP contribution is -2.43. The molecule has 0 aliphatic heterocycles. The van der Waals surface area contributed by atoms with Crippen molar-refractivity contribution in [2.45, 2.75) is 40.2 Å². The van der Waals surface area contributed by atoms with Gasteiger partial charge in [-0.1, -0.05) is 27.7 Å². The number of aliphatic hydroxyl groups excluding tert-OH is 1. The quantitative estimate of drug-likeness (QED) is 0.766. The number of nitrogens with one attached hydrogen (secondary N) is 2. The van der Waals surface area contributed by atoms with Crippen molar-refractivity contribution in [2.24, 2.45) is 5.41 Å². The van der Waals surface area contributed by atoms with Crippen LogP contribution in [0.25, 0.3) is 0 Å². The van der Waals surface area contributed by atoms with E-state index in [0.717, 1.165) is 17.9 Å². The van der Waals surface area contributed by atoms with Gasteiger partial charge in [-0.25, -0.2) is 4.79 Å². The Labute approximate surface area is 114 Å². The van der Waals surface area contributed by atoms with Crippen molar-refractivity contribution >= 4 is 6.03 Å². The molecule has 0 spiro atoms. The van der Waals surface area contributed by atoms with Gasteiger partial charge in [0.25, 0.3) is 0 Å². The number of urea groups is 1. The lowest BCUT2D eigenvalue weighted by molar-refractivity contribution is 0.203. The van der Waals surface area contributed by atoms with E-state index < -0.39 is 0 Å². The maximum Gasteiger partial charge on any atom is 0.315 e. The largest absolute Gasteiger partial charge is 0.464 e. The molecule has 1 atom stereocenters. The zero-order chi connectivity index (χ0) is 14.5. The number of amides is 2. The van der Waals surface area contributed by atoms with Gasteiger partial charge in [0, 0.05) is 13.0 Å². The van der Waals surface area contributed by atoms with Crippen LogP contribution in [-0.4, -0.2) is 24.3 Å². The molecule has 0 aromatic carbocycles. The summed E-state index contributed by atoms with van der Waals surface area (Å²) in [5.41, 5.74) is -0.167. The van der Waals surface area contributed by atoms with E-state index in [1.807, 2.05) is 39.8 Å². The summed E-state index contributed by atoms with van der Waals surface area (Å²) in [5.74, 6) is 1.66. The van der Waals surface area contributed by atoms with E-state index in [0.29, 0.717) is 0 Å². The van der Waals surface area contributed by atoms with Crippen LogP contribution < -0.4 is 10.6 Å². The van der Waals surface area contributed by atoms with E-state index >= 15 is 0 Å². The summed E-state index contributed by atoms with van der Waals surface area (Å²) in [6.07, 6.45) is 0.827. The van der Waals surface area contributed by atoms with Crippen LogP contribution in [0.4, 0.5) is 4.79 Å². The van der Waals surface area contributed by atoms with Crippen molar-refractivity contribution < 1.29 is 14.3 Å². The predicted molar refractivity (Wildman–Crippen MR) is 73.9 cm³/mol. The molecular formula is C14H24N2O3. The van der Waals surface area contributed by atoms with E-state index in [9.17, 15) is 4.79 Å². The van der Waals surface area contributed by atoms with Gasteiger partial charge < -0.3 is 20.2 Å². The van der Waals surface area contributed by atoms with Crippen LogP contribution in [0.2, 0.25) is 0 Å². The third kappa shape index (κ3) is 4.59. The smallest absolute Gasteiger partial charge is 0.315 e. The van der Waals surface area contributed by atoms with Gasteiger partial charge in [-0.3, -0.25) is 0 Å². The minimum Gasteiger partial charge on any atom is -0.464 e. The Bertz CT molecular complexity index is 407. The molecule has 3 N–H and O–H groups in total. The van der Waals surface area contributed by atoms with Gasteiger partial charge in [-0.15, -0.1) is 0 Å². The van der Waals surface area contributed by atoms with Crippen molar-refractivity contribution in [2.75, 3.05) is 13.2 Å². The summed E-state index contributed by atoms with van der Waals surface area (Å²) in [7, 11) is 0. The van der Waals surface area contributed by atoms with Crippen molar-refractivity contribution in [3.63, 3.8) is 0 Å². The summed E-state index contributed by atoms with van der Waals surface area (Å²) in [6.45, 7) is 8.31. The third-order valence-corrected chi connectivity index (χ3v) is 2.85. The number of furan rings is 1. The number of rotatable bonds is 5. The molecule has 1 unspecified atom stereocenters. The van der Waals surface area contributed by atoms with Crippen molar-refractivity contribution in [3.05, 3.63) is 23.7 Å². The lowest BCUT2D eigenvalue weighted by Gasteiger charge is -2.29. The van der Waals surface area contributed by atoms with Gasteiger partial charge >= 0.3 is 6.03 Å². The minimum absolute atomic E-state index is 0.0751. The van der Waals surface area contributed by atoms with Gasteiger partial charge in [-0.2, -0.15) is 0 Å². The Kier molecular flexibility index (Phi) is 5.42. The maximum atomic E-state index is 11.7. The van der Waals surface area contributed by atoms with Gasteiger partial charge in [0.15, 0.2) is 0 Å². The van der Waals surface area contributed by atoms with Crippen molar-refractivity contribution in [1.82, 2.24) is 10.6 Å². The van der Waals surface area contributed by atoms with Gasteiger partial charge in [-0.05, 0) is 17.5 Å². The summed E-state index contributed by atoms with van der Waals surface area (Å²) in [4.78, 5) is 11.7. The lowest BCUT2D eigenvalue weighted by atomic mass is 9.85. The van der Waals surface area contributed by atoms with E-state index in [-0.39, 0.29) is 30.6 Å². The number of carbonyl (C=O) groups is 1. The molecule has 1 heterocycles. The van der Waals surface area contributed by atoms with E-state index in [4.69, 9.17) is 9.52 Å². The van der Waals surface area contributed by atoms with Crippen molar-refractivity contribution in [1.29, 1.82) is 0 Å². The fourth-order valence-corrected chi connectivity index (χ4v) is 1.81. The predicted octanol–water partition coefficient (Wildman–Crippen LogP) is 2.22. The number of aryl methyl sites for hydroxylation is 1. The molecule has 1 aromatic rings. The molecule has 2 amide bonds. The van der Waals surface area contributed by atoms with Crippen LogP contribution in [-0.2, 0) is 6.42 Å². The molecule has 5 heteroatoms. The average molecular weight is 268 g/mol. The summed E-state index contributed by atoms with van der Waals surface area (Å²) < 4.78 is 5.73. The first-order valence-corrected chi connectivity index (χ1v) is 6.62. The molecule has 0 bridgehead atoms. The first kappa shape index (κ1) is 15.6. The second-order valence-electron chi connectivity index (χ2n) is 5.58. The fraction of sp³-hybridized carbons (Fsp3) is 0.643. The highest BCUT2D eigenvalue weighted by atomic mass is 16.3. The van der Waals surface area contributed by atoms with Gasteiger partial charge in [0.1, 0.15) is 11.5 Å². The monoisotopic (exact) mass is 268 g/mol. The number of carbonyl (C=O) groups excluding carboxylic acids is 1. The van der Waals surface area contributed by atoms with Crippen LogP contribution in [0.3, 0.4) is 0 Å². The first-order valence-electron chi connectivity index (χ1n) is 6.62. The zero-order valence-electron chi connectivity index (χ0n) is 12.1. The Hall–Kier alpha value is -1.49. The Morgan fingerprint density at radius 1 is 1.42 bits per heavy atom. The van der Waals surface area contributed by atoms with Gasteiger partial charge in [0.2, 0.25) is 0 Å². The third-order valence-electron chi connectivity index (χ3n) is 2.85. The molecule has 19 heavy (non-hydrogen) atoms. The minimum atomic E-state index is -0.302. The number of hydrogen-bond acceptors (Lipinski definition) is 3. The Balaban J connectivity index is 2.81. The molecule has 0 saturated heterocycles. The highest BCUT2D eigenvalue weighted by Crippen LogP contribution is 2.33. The summed E-state index contributed by atoms with van der Waals surface area (Å²) >= 11 is 0. The van der Waals surface area contributed by atoms with Crippen LogP contribution >= 0.6 is 0 Å². The van der Waals surface area contributed by atoms with Crippen LogP contribution in [0.1, 0.15) is 45.3 Å². The highest BCUT2D eigenvalue weighted by molar-refractivity contribution is 5.74. The maximum absolute atomic E-state index is 11.7. The summed E-state index contributed by atoms with van der Waals surface area (Å²) in [5, 5.41) is 14.2. The number of aliphatic hydroxyl groups is 1. The highest BCUT2D eigenvalue weighted by Gasteiger charge is 2.30. The molecule has 0 saturated carbocycles. The Morgan fingerprint density at radius 3 is 2.58 bits per heavy atom. The SMILES string of the molecule is CCc1ccc(C(NC(=O)NCCO)C(C)(C)C)o1. The molecule has 1 aromatic heterocycles. The second-order valence-corrected chi connectivity index (χ2v) is 5.58. The topological polar surface area (TPSA) is 74.5 Å². The molecule has 0 radical (unpaired) electrons. The van der Waals surface area contributed by atoms with Gasteiger partial charge in [0.05, 0.1) is 12.6 Å². The standard InChI is InChI=1S/C14H24N2O3/c1-5-10-6-7-11(19-10)12(14(2,3)4)16-13(18)15-8-9-17/h6-7,12,17H,5,8-9H2,1-4H3,(H2,15,16,18). The fourth-order valence-electron chi connectivity index (χ4n) is 1.81. The second kappa shape index (κ2) is 6.61. The van der Waals surface area contributed by atoms with E-state index in [1.165, 1.54) is 0 Å². The normalized spacial score (nSPS) is 13.1. The first-order chi connectivity index (χ1) is 8.88. The molecule has 0 aliphatic rings. The van der Waals surface area contributed by atoms with E-state index in [2.05, 4.69) is 10.6 Å².